The number of carbonyl (C=O) groups excluding carboxylic acids is 2. The standard InChI is InChI=1S/C15H16N2O4S2.C5H6S/c1-3-20-14(18)10-11(15(19)21-4-2)13(23-12(10)16)17-8-9-6-5-7-22-9;1-5-3-2-4-6-5/h5-8H,3-4,16H2,1-2H3;2-4H,1H3/b17-8+;. The summed E-state index contributed by atoms with van der Waals surface area (Å²) < 4.78 is 9.99. The van der Waals surface area contributed by atoms with E-state index in [0.29, 0.717) is 5.00 Å². The Kier molecular flexibility index (Phi) is 9.04. The van der Waals surface area contributed by atoms with Gasteiger partial charge in [-0.2, -0.15) is 0 Å². The van der Waals surface area contributed by atoms with Gasteiger partial charge in [-0.3, -0.25) is 0 Å². The highest BCUT2D eigenvalue weighted by atomic mass is 32.1. The highest BCUT2D eigenvalue weighted by Crippen LogP contribution is 2.39. The molecule has 0 saturated heterocycles. The summed E-state index contributed by atoms with van der Waals surface area (Å²) in [5.41, 5.74) is 5.97. The molecule has 0 aliphatic rings. The lowest BCUT2D eigenvalue weighted by Crippen LogP contribution is -2.13. The van der Waals surface area contributed by atoms with E-state index in [1.807, 2.05) is 17.5 Å². The van der Waals surface area contributed by atoms with Crippen LogP contribution in [-0.2, 0) is 9.47 Å². The molecule has 0 radical (unpaired) electrons. The molecule has 0 aliphatic carbocycles. The number of hydrogen-bond donors (Lipinski definition) is 1. The average molecular weight is 451 g/mol. The van der Waals surface area contributed by atoms with Gasteiger partial charge in [0.05, 0.1) is 13.2 Å². The minimum Gasteiger partial charge on any atom is -0.462 e. The largest absolute Gasteiger partial charge is 0.462 e. The molecule has 0 unspecified atom stereocenters. The Morgan fingerprint density at radius 2 is 1.66 bits per heavy atom. The maximum Gasteiger partial charge on any atom is 0.342 e. The van der Waals surface area contributed by atoms with Gasteiger partial charge in [-0.05, 0) is 43.7 Å². The lowest BCUT2D eigenvalue weighted by atomic mass is 10.1. The fourth-order valence-electron chi connectivity index (χ4n) is 2.17. The molecule has 0 fully saturated rings. The number of nitrogens with zero attached hydrogens (tertiary/aromatic N) is 1. The van der Waals surface area contributed by atoms with Crippen molar-refractivity contribution in [2.75, 3.05) is 18.9 Å². The van der Waals surface area contributed by atoms with E-state index in [0.717, 1.165) is 16.2 Å². The van der Waals surface area contributed by atoms with Crippen molar-refractivity contribution in [3.8, 4) is 0 Å². The number of carbonyl (C=O) groups is 2. The molecule has 2 N–H and O–H groups in total. The van der Waals surface area contributed by atoms with E-state index in [2.05, 4.69) is 29.4 Å². The van der Waals surface area contributed by atoms with Gasteiger partial charge in [-0.25, -0.2) is 14.6 Å². The number of hydrogen-bond acceptors (Lipinski definition) is 9. The van der Waals surface area contributed by atoms with Crippen LogP contribution in [-0.4, -0.2) is 31.4 Å². The zero-order valence-electron chi connectivity index (χ0n) is 16.3. The number of aliphatic imine (C=N–C) groups is 1. The molecule has 0 saturated carbocycles. The van der Waals surface area contributed by atoms with Crippen molar-refractivity contribution in [2.45, 2.75) is 20.8 Å². The molecule has 29 heavy (non-hydrogen) atoms. The van der Waals surface area contributed by atoms with Crippen molar-refractivity contribution in [3.05, 3.63) is 55.9 Å². The Balaban J connectivity index is 0.000000426. The summed E-state index contributed by atoms with van der Waals surface area (Å²) in [5.74, 6) is -1.29. The summed E-state index contributed by atoms with van der Waals surface area (Å²) in [6.07, 6.45) is 1.62. The first-order valence-electron chi connectivity index (χ1n) is 8.82. The second-order valence-corrected chi connectivity index (χ2v) is 8.62. The van der Waals surface area contributed by atoms with Crippen LogP contribution in [0.15, 0.2) is 40.0 Å². The Bertz CT molecular complexity index is 945. The monoisotopic (exact) mass is 450 g/mol. The lowest BCUT2D eigenvalue weighted by molar-refractivity contribution is 0.0481. The topological polar surface area (TPSA) is 91.0 Å². The van der Waals surface area contributed by atoms with Crippen LogP contribution in [0, 0.1) is 6.92 Å². The smallest absolute Gasteiger partial charge is 0.342 e. The van der Waals surface area contributed by atoms with Crippen molar-refractivity contribution in [1.82, 2.24) is 0 Å². The fourth-order valence-corrected chi connectivity index (χ4v) is 4.18. The van der Waals surface area contributed by atoms with Crippen molar-refractivity contribution >= 4 is 62.2 Å². The third kappa shape index (κ3) is 6.52. The number of esters is 2. The molecule has 0 aliphatic heterocycles. The minimum atomic E-state index is -0.651. The van der Waals surface area contributed by atoms with Crippen LogP contribution in [0.5, 0.6) is 0 Å². The Morgan fingerprint density at radius 3 is 2.14 bits per heavy atom. The quantitative estimate of drug-likeness (QED) is 0.392. The van der Waals surface area contributed by atoms with Crippen LogP contribution < -0.4 is 5.73 Å². The van der Waals surface area contributed by atoms with Gasteiger partial charge in [0.25, 0.3) is 0 Å². The Hall–Kier alpha value is -2.49. The minimum absolute atomic E-state index is 0.0219. The van der Waals surface area contributed by atoms with Crippen LogP contribution in [0.2, 0.25) is 0 Å². The van der Waals surface area contributed by atoms with E-state index in [1.54, 1.807) is 31.4 Å². The van der Waals surface area contributed by atoms with E-state index in [1.165, 1.54) is 16.2 Å². The van der Waals surface area contributed by atoms with Crippen molar-refractivity contribution in [1.29, 1.82) is 0 Å². The number of anilines is 1. The summed E-state index contributed by atoms with van der Waals surface area (Å²) in [6.45, 7) is 5.84. The van der Waals surface area contributed by atoms with Crippen LogP contribution >= 0.6 is 34.0 Å². The average Bonchev–Trinajstić information content (AvgIpc) is 3.42. The van der Waals surface area contributed by atoms with Crippen molar-refractivity contribution in [3.63, 3.8) is 0 Å². The molecule has 0 amide bonds. The number of nitrogen functional groups attached to an aromatic ring is 1. The highest BCUT2D eigenvalue weighted by molar-refractivity contribution is 7.20. The van der Waals surface area contributed by atoms with Gasteiger partial charge in [-0.1, -0.05) is 23.5 Å². The predicted octanol–water partition coefficient (Wildman–Crippen LogP) is 5.55. The zero-order valence-corrected chi connectivity index (χ0v) is 18.8. The second-order valence-electron chi connectivity index (χ2n) is 5.46. The molecular weight excluding hydrogens is 428 g/mol. The first-order chi connectivity index (χ1) is 14.0. The number of thiophene rings is 3. The van der Waals surface area contributed by atoms with E-state index in [9.17, 15) is 9.59 Å². The van der Waals surface area contributed by atoms with Crippen molar-refractivity contribution in [2.24, 2.45) is 4.99 Å². The molecule has 3 aromatic rings. The number of rotatable bonds is 6. The molecule has 3 rings (SSSR count). The molecule has 0 atom stereocenters. The number of nitrogens with two attached hydrogens (primary N) is 1. The molecule has 0 spiro atoms. The first-order valence-corrected chi connectivity index (χ1v) is 11.4. The van der Waals surface area contributed by atoms with Crippen LogP contribution in [0.25, 0.3) is 0 Å². The van der Waals surface area contributed by atoms with Gasteiger partial charge in [-0.15, -0.1) is 22.7 Å². The maximum atomic E-state index is 12.2. The van der Waals surface area contributed by atoms with Crippen LogP contribution in [0.3, 0.4) is 0 Å². The summed E-state index contributed by atoms with van der Waals surface area (Å²) in [6, 6.07) is 7.94. The van der Waals surface area contributed by atoms with Gasteiger partial charge in [0, 0.05) is 16.0 Å². The van der Waals surface area contributed by atoms with E-state index >= 15 is 0 Å². The van der Waals surface area contributed by atoms with E-state index < -0.39 is 11.9 Å². The van der Waals surface area contributed by atoms with Crippen LogP contribution in [0.4, 0.5) is 10.0 Å². The predicted molar refractivity (Wildman–Crippen MR) is 121 cm³/mol. The zero-order chi connectivity index (χ0) is 21.2. The third-order valence-corrected chi connectivity index (χ3v) is 5.93. The fraction of sp³-hybridized carbons (Fsp3) is 0.250. The lowest BCUT2D eigenvalue weighted by Gasteiger charge is -2.05. The van der Waals surface area contributed by atoms with Gasteiger partial charge in [0.15, 0.2) is 0 Å². The normalized spacial score (nSPS) is 10.4. The summed E-state index contributed by atoms with van der Waals surface area (Å²) in [4.78, 5) is 30.9. The molecule has 0 aromatic carbocycles. The Labute approximate surface area is 181 Å². The number of aryl methyl sites for hydroxylation is 1. The van der Waals surface area contributed by atoms with Gasteiger partial charge < -0.3 is 15.2 Å². The summed E-state index contributed by atoms with van der Waals surface area (Å²) in [5, 5.41) is 4.51. The molecule has 3 aromatic heterocycles. The van der Waals surface area contributed by atoms with Gasteiger partial charge >= 0.3 is 11.9 Å². The van der Waals surface area contributed by atoms with Crippen molar-refractivity contribution < 1.29 is 19.1 Å². The van der Waals surface area contributed by atoms with Crippen LogP contribution in [0.1, 0.15) is 44.3 Å². The highest BCUT2D eigenvalue weighted by Gasteiger charge is 2.29. The summed E-state index contributed by atoms with van der Waals surface area (Å²) >= 11 is 4.34. The molecule has 6 nitrogen and oxygen atoms in total. The molecular formula is C20H22N2O4S3. The SMILES string of the molecule is CCOC(=O)c1c(N)sc(/N=C/c2cccs2)c1C(=O)OCC.Cc1cccs1. The van der Waals surface area contributed by atoms with Gasteiger partial charge in [0.1, 0.15) is 21.1 Å². The second kappa shape index (κ2) is 11.5. The summed E-state index contributed by atoms with van der Waals surface area (Å²) in [7, 11) is 0. The maximum absolute atomic E-state index is 12.2. The molecule has 9 heteroatoms. The van der Waals surface area contributed by atoms with Gasteiger partial charge in [0.2, 0.25) is 0 Å². The molecule has 3 heterocycles. The van der Waals surface area contributed by atoms with E-state index in [4.69, 9.17) is 15.2 Å². The van der Waals surface area contributed by atoms with E-state index in [-0.39, 0.29) is 29.3 Å². The Morgan fingerprint density at radius 1 is 1.03 bits per heavy atom. The molecule has 154 valence electrons. The number of ether oxygens (including phenoxy) is 2. The molecule has 0 bridgehead atoms. The third-order valence-electron chi connectivity index (χ3n) is 3.39. The first kappa shape index (κ1) is 22.8.